The number of thioether (sulfide) groups is 1. The molecule has 1 aromatic carbocycles. The number of hydrogen-bond acceptors (Lipinski definition) is 5. The molecule has 1 atom stereocenters. The van der Waals surface area contributed by atoms with Gasteiger partial charge >= 0.3 is 0 Å². The van der Waals surface area contributed by atoms with Crippen molar-refractivity contribution in [1.29, 1.82) is 0 Å². The Hall–Kier alpha value is -2.08. The van der Waals surface area contributed by atoms with Gasteiger partial charge < -0.3 is 9.67 Å². The third kappa shape index (κ3) is 2.12. The Kier molecular flexibility index (Phi) is 3.31. The van der Waals surface area contributed by atoms with E-state index in [1.807, 2.05) is 23.0 Å². The number of imidazole rings is 1. The highest BCUT2D eigenvalue weighted by Gasteiger charge is 2.15. The first-order chi connectivity index (χ1) is 9.70. The maximum absolute atomic E-state index is 9.60. The van der Waals surface area contributed by atoms with Crippen LogP contribution in [-0.2, 0) is 0 Å². The third-order valence-electron chi connectivity index (χ3n) is 3.29. The van der Waals surface area contributed by atoms with Crippen molar-refractivity contribution < 1.29 is 5.11 Å². The number of aromatic hydroxyl groups is 1. The molecule has 3 aromatic rings. The zero-order valence-corrected chi connectivity index (χ0v) is 12.0. The summed E-state index contributed by atoms with van der Waals surface area (Å²) in [5.41, 5.74) is 2.63. The van der Waals surface area contributed by atoms with Crippen LogP contribution in [0.1, 0.15) is 18.5 Å². The Bertz CT molecular complexity index is 756. The molecule has 2 heterocycles. The predicted octanol–water partition coefficient (Wildman–Crippen LogP) is 2.86. The molecule has 0 saturated heterocycles. The van der Waals surface area contributed by atoms with Gasteiger partial charge in [-0.2, -0.15) is 0 Å². The lowest BCUT2D eigenvalue weighted by Crippen LogP contribution is -2.06. The molecule has 0 radical (unpaired) electrons. The van der Waals surface area contributed by atoms with Crippen LogP contribution in [-0.4, -0.2) is 30.9 Å². The fraction of sp³-hybridized carbons (Fsp3) is 0.214. The van der Waals surface area contributed by atoms with Crippen molar-refractivity contribution in [2.24, 2.45) is 0 Å². The fourth-order valence-corrected chi connectivity index (χ4v) is 2.70. The van der Waals surface area contributed by atoms with Crippen LogP contribution in [0.4, 0.5) is 0 Å². The van der Waals surface area contributed by atoms with E-state index < -0.39 is 0 Å². The minimum atomic E-state index is 0.0386. The number of phenols is 1. The average molecular weight is 286 g/mol. The van der Waals surface area contributed by atoms with Crippen LogP contribution in [0.3, 0.4) is 0 Å². The van der Waals surface area contributed by atoms with E-state index in [2.05, 4.69) is 21.9 Å². The van der Waals surface area contributed by atoms with E-state index in [1.165, 1.54) is 0 Å². The lowest BCUT2D eigenvalue weighted by Gasteiger charge is -2.14. The summed E-state index contributed by atoms with van der Waals surface area (Å²) in [6.45, 7) is 2.05. The molecule has 0 bridgehead atoms. The molecule has 0 fully saturated rings. The molecule has 0 unspecified atom stereocenters. The lowest BCUT2D eigenvalue weighted by molar-refractivity contribution is 0.473. The van der Waals surface area contributed by atoms with Crippen LogP contribution in [0.5, 0.6) is 5.75 Å². The van der Waals surface area contributed by atoms with Crippen molar-refractivity contribution in [3.63, 3.8) is 0 Å². The molecule has 1 N–H and O–H groups in total. The van der Waals surface area contributed by atoms with E-state index in [9.17, 15) is 5.11 Å². The van der Waals surface area contributed by atoms with Crippen LogP contribution in [0.2, 0.25) is 0 Å². The van der Waals surface area contributed by atoms with Gasteiger partial charge in [0, 0.05) is 0 Å². The first-order valence-corrected chi connectivity index (χ1v) is 7.43. The Morgan fingerprint density at radius 2 is 2.10 bits per heavy atom. The number of hydrogen-bond donors (Lipinski definition) is 1. The number of nitrogens with zero attached hydrogens (tertiary/aromatic N) is 4. The number of rotatable bonds is 3. The molecule has 0 saturated carbocycles. The summed E-state index contributed by atoms with van der Waals surface area (Å²) in [6.07, 6.45) is 5.30. The monoisotopic (exact) mass is 286 g/mol. The first kappa shape index (κ1) is 12.9. The van der Waals surface area contributed by atoms with Crippen molar-refractivity contribution in [1.82, 2.24) is 19.5 Å². The molecular formula is C14H14N4OS. The molecule has 0 amide bonds. The van der Waals surface area contributed by atoms with E-state index >= 15 is 0 Å². The molecule has 0 spiro atoms. The second-order valence-electron chi connectivity index (χ2n) is 4.48. The van der Waals surface area contributed by atoms with Crippen LogP contribution in [0, 0.1) is 0 Å². The summed E-state index contributed by atoms with van der Waals surface area (Å²) in [7, 11) is 0. The van der Waals surface area contributed by atoms with Gasteiger partial charge in [0.25, 0.3) is 0 Å². The van der Waals surface area contributed by atoms with E-state index in [1.54, 1.807) is 36.5 Å². The van der Waals surface area contributed by atoms with E-state index in [-0.39, 0.29) is 11.8 Å². The minimum absolute atomic E-state index is 0.0386. The minimum Gasteiger partial charge on any atom is -0.508 e. The Labute approximate surface area is 120 Å². The molecule has 2 aromatic heterocycles. The van der Waals surface area contributed by atoms with E-state index in [4.69, 9.17) is 0 Å². The van der Waals surface area contributed by atoms with Gasteiger partial charge in [-0.05, 0) is 30.9 Å². The summed E-state index contributed by atoms with van der Waals surface area (Å²) in [5, 5.41) is 10.5. The zero-order valence-electron chi connectivity index (χ0n) is 11.2. The second-order valence-corrected chi connectivity index (χ2v) is 5.27. The molecule has 0 aliphatic rings. The molecule has 0 aliphatic carbocycles. The highest BCUT2D eigenvalue weighted by atomic mass is 32.2. The van der Waals surface area contributed by atoms with Gasteiger partial charge in [0.05, 0.1) is 12.4 Å². The number of benzene rings is 1. The zero-order chi connectivity index (χ0) is 14.1. The topological polar surface area (TPSA) is 63.8 Å². The summed E-state index contributed by atoms with van der Waals surface area (Å²) in [4.78, 5) is 13.0. The Balaban J connectivity index is 2.10. The SMILES string of the molecule is CSc1ncnc2c1ncn2[C@H](C)c1cccc(O)c1. The quantitative estimate of drug-likeness (QED) is 0.592. The summed E-state index contributed by atoms with van der Waals surface area (Å²) in [6, 6.07) is 7.27. The van der Waals surface area contributed by atoms with Crippen LogP contribution in [0.15, 0.2) is 41.9 Å². The van der Waals surface area contributed by atoms with Crippen LogP contribution >= 0.6 is 11.8 Å². The van der Waals surface area contributed by atoms with Gasteiger partial charge in [0.2, 0.25) is 0 Å². The van der Waals surface area contributed by atoms with Crippen molar-refractivity contribution in [3.8, 4) is 5.75 Å². The number of aromatic nitrogens is 4. The highest BCUT2D eigenvalue weighted by Crippen LogP contribution is 2.27. The standard InChI is InChI=1S/C14H14N4OS/c1-9(10-4-3-5-11(19)6-10)18-8-17-12-13(18)15-7-16-14(12)20-2/h3-9,19H,1-2H3/t9-/m1/s1. The van der Waals surface area contributed by atoms with Crippen molar-refractivity contribution in [2.75, 3.05) is 6.26 Å². The molecule has 20 heavy (non-hydrogen) atoms. The largest absolute Gasteiger partial charge is 0.508 e. The molecule has 5 nitrogen and oxygen atoms in total. The normalized spacial score (nSPS) is 12.7. The maximum atomic E-state index is 9.60. The van der Waals surface area contributed by atoms with E-state index in [0.29, 0.717) is 0 Å². The van der Waals surface area contributed by atoms with Crippen molar-refractivity contribution in [2.45, 2.75) is 18.0 Å². The molecular weight excluding hydrogens is 272 g/mol. The summed E-state index contributed by atoms with van der Waals surface area (Å²) in [5.74, 6) is 0.262. The predicted molar refractivity (Wildman–Crippen MR) is 79.0 cm³/mol. The van der Waals surface area contributed by atoms with Gasteiger partial charge in [0.1, 0.15) is 22.6 Å². The van der Waals surface area contributed by atoms with Gasteiger partial charge in [-0.1, -0.05) is 12.1 Å². The molecule has 102 valence electrons. The van der Waals surface area contributed by atoms with Crippen molar-refractivity contribution >= 4 is 22.9 Å². The molecule has 3 rings (SSSR count). The Morgan fingerprint density at radius 1 is 1.25 bits per heavy atom. The Morgan fingerprint density at radius 3 is 2.85 bits per heavy atom. The van der Waals surface area contributed by atoms with E-state index in [0.717, 1.165) is 21.8 Å². The maximum Gasteiger partial charge on any atom is 0.164 e. The molecule has 0 aliphatic heterocycles. The first-order valence-electron chi connectivity index (χ1n) is 6.21. The summed E-state index contributed by atoms with van der Waals surface area (Å²) >= 11 is 1.55. The van der Waals surface area contributed by atoms with Gasteiger partial charge in [0.15, 0.2) is 5.65 Å². The van der Waals surface area contributed by atoms with Gasteiger partial charge in [-0.15, -0.1) is 11.8 Å². The highest BCUT2D eigenvalue weighted by molar-refractivity contribution is 7.98. The molecule has 6 heteroatoms. The number of phenolic OH excluding ortho intramolecular Hbond substituents is 1. The lowest BCUT2D eigenvalue weighted by atomic mass is 10.1. The second kappa shape index (κ2) is 5.13. The fourth-order valence-electron chi connectivity index (χ4n) is 2.21. The summed E-state index contributed by atoms with van der Waals surface area (Å²) < 4.78 is 1.99. The average Bonchev–Trinajstić information content (AvgIpc) is 2.90. The van der Waals surface area contributed by atoms with Crippen LogP contribution in [0.25, 0.3) is 11.2 Å². The number of fused-ring (bicyclic) bond motifs is 1. The van der Waals surface area contributed by atoms with Gasteiger partial charge in [-0.25, -0.2) is 15.0 Å². The third-order valence-corrected chi connectivity index (χ3v) is 3.97. The van der Waals surface area contributed by atoms with Gasteiger partial charge in [-0.3, -0.25) is 0 Å². The van der Waals surface area contributed by atoms with Crippen molar-refractivity contribution in [3.05, 3.63) is 42.5 Å². The van der Waals surface area contributed by atoms with Crippen LogP contribution < -0.4 is 0 Å². The smallest absolute Gasteiger partial charge is 0.164 e.